The van der Waals surface area contributed by atoms with Crippen LogP contribution in [0.1, 0.15) is 47.4 Å². The second kappa shape index (κ2) is 5.11. The molecule has 2 N–H and O–H groups in total. The Morgan fingerprint density at radius 3 is 2.86 bits per heavy atom. The zero-order valence-corrected chi connectivity index (χ0v) is 12.4. The standard InChI is InChI=1S/C15H20N4O2/c1-10-7-11(2)19-13(18-10)12(8-17-19)14(20)16-9-15(21)5-3-4-6-15/h7-8,21H,3-6,9H2,1-2H3,(H,16,20). The highest BCUT2D eigenvalue weighted by Gasteiger charge is 2.31. The van der Waals surface area contributed by atoms with Gasteiger partial charge in [-0.15, -0.1) is 0 Å². The first kappa shape index (κ1) is 14.0. The van der Waals surface area contributed by atoms with Gasteiger partial charge in [-0.25, -0.2) is 9.50 Å². The van der Waals surface area contributed by atoms with Crippen LogP contribution in [0, 0.1) is 13.8 Å². The van der Waals surface area contributed by atoms with Crippen molar-refractivity contribution in [2.75, 3.05) is 6.54 Å². The molecule has 0 bridgehead atoms. The number of rotatable bonds is 3. The predicted molar refractivity (Wildman–Crippen MR) is 78.2 cm³/mol. The summed E-state index contributed by atoms with van der Waals surface area (Å²) in [5.41, 5.74) is 2.04. The van der Waals surface area contributed by atoms with Crippen molar-refractivity contribution in [1.82, 2.24) is 19.9 Å². The number of aromatic nitrogens is 3. The van der Waals surface area contributed by atoms with Gasteiger partial charge in [-0.2, -0.15) is 5.10 Å². The number of aliphatic hydroxyl groups is 1. The molecular weight excluding hydrogens is 268 g/mol. The lowest BCUT2D eigenvalue weighted by Crippen LogP contribution is -2.40. The first-order valence-electron chi connectivity index (χ1n) is 7.31. The van der Waals surface area contributed by atoms with Gasteiger partial charge in [0.25, 0.3) is 5.91 Å². The van der Waals surface area contributed by atoms with E-state index >= 15 is 0 Å². The summed E-state index contributed by atoms with van der Waals surface area (Å²) in [7, 11) is 0. The molecule has 0 saturated heterocycles. The maximum Gasteiger partial charge on any atom is 0.256 e. The third kappa shape index (κ3) is 2.63. The molecule has 112 valence electrons. The van der Waals surface area contributed by atoms with E-state index in [0.717, 1.165) is 37.1 Å². The molecule has 1 amide bonds. The minimum atomic E-state index is -0.752. The fourth-order valence-corrected chi connectivity index (χ4v) is 2.98. The summed E-state index contributed by atoms with van der Waals surface area (Å²) in [6.07, 6.45) is 5.06. The molecule has 1 aliphatic carbocycles. The summed E-state index contributed by atoms with van der Waals surface area (Å²) in [6.45, 7) is 4.11. The second-order valence-corrected chi connectivity index (χ2v) is 5.95. The molecule has 0 aromatic carbocycles. The molecule has 1 saturated carbocycles. The molecule has 0 aliphatic heterocycles. The van der Waals surface area contributed by atoms with E-state index in [1.807, 2.05) is 19.9 Å². The third-order valence-electron chi connectivity index (χ3n) is 4.13. The van der Waals surface area contributed by atoms with Crippen molar-refractivity contribution >= 4 is 11.6 Å². The third-order valence-corrected chi connectivity index (χ3v) is 4.13. The number of nitrogens with one attached hydrogen (secondary N) is 1. The number of carbonyl (C=O) groups excluding carboxylic acids is 1. The first-order valence-corrected chi connectivity index (χ1v) is 7.31. The fraction of sp³-hybridized carbons (Fsp3) is 0.533. The van der Waals surface area contributed by atoms with Crippen molar-refractivity contribution in [3.63, 3.8) is 0 Å². The number of hydrogen-bond acceptors (Lipinski definition) is 4. The van der Waals surface area contributed by atoms with E-state index in [9.17, 15) is 9.90 Å². The zero-order valence-electron chi connectivity index (χ0n) is 12.4. The molecule has 2 heterocycles. The number of amides is 1. The average molecular weight is 288 g/mol. The van der Waals surface area contributed by atoms with Crippen LogP contribution in [0.25, 0.3) is 5.65 Å². The van der Waals surface area contributed by atoms with E-state index in [1.54, 1.807) is 4.52 Å². The highest BCUT2D eigenvalue weighted by atomic mass is 16.3. The number of fused-ring (bicyclic) bond motifs is 1. The predicted octanol–water partition coefficient (Wildman–Crippen LogP) is 1.38. The topological polar surface area (TPSA) is 79.5 Å². The summed E-state index contributed by atoms with van der Waals surface area (Å²) < 4.78 is 1.66. The Labute approximate surface area is 123 Å². The molecule has 0 unspecified atom stereocenters. The number of carbonyl (C=O) groups is 1. The largest absolute Gasteiger partial charge is 0.388 e. The molecule has 0 atom stereocenters. The van der Waals surface area contributed by atoms with Crippen molar-refractivity contribution < 1.29 is 9.90 Å². The van der Waals surface area contributed by atoms with Gasteiger partial charge in [0.1, 0.15) is 5.56 Å². The van der Waals surface area contributed by atoms with E-state index in [0.29, 0.717) is 11.2 Å². The Bertz CT molecular complexity index is 686. The van der Waals surface area contributed by atoms with Crippen LogP contribution in [-0.4, -0.2) is 37.8 Å². The zero-order chi connectivity index (χ0) is 15.0. The SMILES string of the molecule is Cc1cc(C)n2ncc(C(=O)NCC3(O)CCCC3)c2n1. The van der Waals surface area contributed by atoms with E-state index in [2.05, 4.69) is 15.4 Å². The molecule has 2 aromatic heterocycles. The van der Waals surface area contributed by atoms with Crippen LogP contribution < -0.4 is 5.32 Å². The lowest BCUT2D eigenvalue weighted by Gasteiger charge is -2.22. The fourth-order valence-electron chi connectivity index (χ4n) is 2.98. The minimum absolute atomic E-state index is 0.233. The molecule has 6 nitrogen and oxygen atoms in total. The van der Waals surface area contributed by atoms with Crippen LogP contribution in [0.3, 0.4) is 0 Å². The van der Waals surface area contributed by atoms with Gasteiger partial charge in [-0.05, 0) is 32.8 Å². The second-order valence-electron chi connectivity index (χ2n) is 5.95. The minimum Gasteiger partial charge on any atom is -0.388 e. The Balaban J connectivity index is 1.81. The van der Waals surface area contributed by atoms with Gasteiger partial charge in [0.05, 0.1) is 11.8 Å². The number of nitrogens with zero attached hydrogens (tertiary/aromatic N) is 3. The van der Waals surface area contributed by atoms with Gasteiger partial charge in [-0.1, -0.05) is 12.8 Å². The Morgan fingerprint density at radius 2 is 2.14 bits per heavy atom. The van der Waals surface area contributed by atoms with E-state index < -0.39 is 5.60 Å². The maximum absolute atomic E-state index is 12.3. The van der Waals surface area contributed by atoms with E-state index in [-0.39, 0.29) is 12.5 Å². The maximum atomic E-state index is 12.3. The number of hydrogen-bond donors (Lipinski definition) is 2. The molecule has 1 aliphatic rings. The summed E-state index contributed by atoms with van der Waals surface area (Å²) in [5.74, 6) is -0.233. The van der Waals surface area contributed by atoms with Crippen molar-refractivity contribution in [2.45, 2.75) is 45.1 Å². The molecule has 21 heavy (non-hydrogen) atoms. The molecule has 6 heteroatoms. The van der Waals surface area contributed by atoms with Gasteiger partial charge in [0.2, 0.25) is 0 Å². The van der Waals surface area contributed by atoms with Crippen LogP contribution in [0.2, 0.25) is 0 Å². The van der Waals surface area contributed by atoms with Crippen LogP contribution in [0.15, 0.2) is 12.3 Å². The van der Waals surface area contributed by atoms with Crippen molar-refractivity contribution in [2.24, 2.45) is 0 Å². The normalized spacial score (nSPS) is 17.3. The molecule has 2 aromatic rings. The smallest absolute Gasteiger partial charge is 0.256 e. The molecule has 0 radical (unpaired) electrons. The van der Waals surface area contributed by atoms with Crippen LogP contribution in [0.5, 0.6) is 0 Å². The summed E-state index contributed by atoms with van der Waals surface area (Å²) in [6, 6.07) is 1.92. The lowest BCUT2D eigenvalue weighted by molar-refractivity contribution is 0.0450. The van der Waals surface area contributed by atoms with Gasteiger partial charge >= 0.3 is 0 Å². The van der Waals surface area contributed by atoms with Crippen molar-refractivity contribution in [3.8, 4) is 0 Å². The number of aryl methyl sites for hydroxylation is 2. The average Bonchev–Trinajstić information content (AvgIpc) is 3.03. The Kier molecular flexibility index (Phi) is 3.41. The summed E-state index contributed by atoms with van der Waals surface area (Å²) in [5, 5.41) is 17.3. The van der Waals surface area contributed by atoms with Crippen LogP contribution in [0.4, 0.5) is 0 Å². The highest BCUT2D eigenvalue weighted by molar-refractivity contribution is 5.99. The highest BCUT2D eigenvalue weighted by Crippen LogP contribution is 2.28. The Morgan fingerprint density at radius 1 is 1.43 bits per heavy atom. The molecule has 0 spiro atoms. The lowest BCUT2D eigenvalue weighted by atomic mass is 10.0. The summed E-state index contributed by atoms with van der Waals surface area (Å²) >= 11 is 0. The quantitative estimate of drug-likeness (QED) is 0.894. The van der Waals surface area contributed by atoms with Crippen LogP contribution in [-0.2, 0) is 0 Å². The van der Waals surface area contributed by atoms with Crippen LogP contribution >= 0.6 is 0 Å². The van der Waals surface area contributed by atoms with E-state index in [4.69, 9.17) is 0 Å². The first-order chi connectivity index (χ1) is 9.98. The van der Waals surface area contributed by atoms with Gasteiger partial charge in [0, 0.05) is 17.9 Å². The van der Waals surface area contributed by atoms with E-state index in [1.165, 1.54) is 6.20 Å². The van der Waals surface area contributed by atoms with Gasteiger partial charge in [0.15, 0.2) is 5.65 Å². The molecule has 1 fully saturated rings. The van der Waals surface area contributed by atoms with Crippen molar-refractivity contribution in [3.05, 3.63) is 29.2 Å². The monoisotopic (exact) mass is 288 g/mol. The van der Waals surface area contributed by atoms with Gasteiger partial charge in [-0.3, -0.25) is 4.79 Å². The Hall–Kier alpha value is -1.95. The molecular formula is C15H20N4O2. The van der Waals surface area contributed by atoms with Crippen molar-refractivity contribution in [1.29, 1.82) is 0 Å². The summed E-state index contributed by atoms with van der Waals surface area (Å²) in [4.78, 5) is 16.7. The van der Waals surface area contributed by atoms with Gasteiger partial charge < -0.3 is 10.4 Å². The molecule has 3 rings (SSSR count).